The van der Waals surface area contributed by atoms with Crippen LogP contribution in [0, 0.1) is 22.8 Å². The summed E-state index contributed by atoms with van der Waals surface area (Å²) in [5.74, 6) is 1.54. The quantitative estimate of drug-likeness (QED) is 0.142. The number of hydrogen-bond donors (Lipinski definition) is 0. The fourth-order valence-electron chi connectivity index (χ4n) is 10.7. The van der Waals surface area contributed by atoms with Crippen LogP contribution in [0.5, 0.6) is 11.5 Å². The van der Waals surface area contributed by atoms with Gasteiger partial charge >= 0.3 is 320 Å². The summed E-state index contributed by atoms with van der Waals surface area (Å²) < 4.78 is 40.9. The monoisotopic (exact) mass is 1130 g/mol. The van der Waals surface area contributed by atoms with E-state index >= 15 is 0 Å². The molecule has 0 atom stereocenters. The molecule has 12 rings (SSSR count). The Kier molecular flexibility index (Phi) is 10.8. The third-order valence-electron chi connectivity index (χ3n) is 14.6. The predicted octanol–water partition coefficient (Wildman–Crippen LogP) is 17.2. The molecule has 0 fully saturated rings. The van der Waals surface area contributed by atoms with E-state index in [9.17, 15) is 0 Å². The number of fused-ring (bicyclic) bond motifs is 5. The second kappa shape index (κ2) is 18.3. The molecule has 0 bridgehead atoms. The zero-order valence-corrected chi connectivity index (χ0v) is 44.4. The fraction of sp³-hybridized carbons (Fsp3) is 0.194. The summed E-state index contributed by atoms with van der Waals surface area (Å²) in [7, 11) is 0. The van der Waals surface area contributed by atoms with E-state index in [0.717, 1.165) is 102 Å². The van der Waals surface area contributed by atoms with Crippen molar-refractivity contribution >= 4 is 32.8 Å². The number of imidazole rings is 1. The molecule has 1 aliphatic carbocycles. The third kappa shape index (κ3) is 8.52. The van der Waals surface area contributed by atoms with Crippen LogP contribution in [0.1, 0.15) is 86.3 Å². The van der Waals surface area contributed by atoms with Crippen LogP contribution in [0.3, 0.4) is 0 Å². The number of hydrogen-bond acceptors (Lipinski definition) is 2. The van der Waals surface area contributed by atoms with Crippen molar-refractivity contribution in [2.24, 2.45) is 0 Å². The molecule has 0 amide bonds. The van der Waals surface area contributed by atoms with E-state index in [1.165, 1.54) is 22.3 Å². The van der Waals surface area contributed by atoms with Gasteiger partial charge in [0.15, 0.2) is 0 Å². The van der Waals surface area contributed by atoms with E-state index < -0.39 is 6.85 Å². The topological polar surface area (TPSA) is 36.9 Å². The Morgan fingerprint density at radius 2 is 1.14 bits per heavy atom. The Labute approximate surface area is 444 Å². The zero-order chi connectivity index (χ0) is 52.7. The summed E-state index contributed by atoms with van der Waals surface area (Å²) in [6.07, 6.45) is 6.04. The van der Waals surface area contributed by atoms with E-state index in [0.29, 0.717) is 22.9 Å². The molecule has 0 unspecified atom stereocenters. The standard InChI is InChI=1S/C67H58N4O.Pt/c1-44-35-64(68-42-59(44)47-29-31-50(32-30-47)66(2,3)4)71-62-37-49-24-15-14-23-48(49)36-58(62)55-34-33-54(41-63(55)71)72-53-26-18-25-52(40-53)69-43-70(61-28-17-16-27-60(61)69)65-56(45-19-10-8-11-20-45)38-51(67(5,6)7)39-57(65)46-21-12-9-13-22-46;/h8-13,16-22,25-39,42H,14-15,23-24H2,1-7H3;/q-2;/i1D3;. The van der Waals surface area contributed by atoms with E-state index in [-0.39, 0.29) is 16.4 Å². The molecular formula is C67H58N4OPt-2. The molecule has 8 aromatic carbocycles. The average molecular weight is 1130 g/mol. The smallest absolute Gasteiger partial charge is 0.0579 e. The van der Waals surface area contributed by atoms with Gasteiger partial charge in [-0.3, -0.25) is 0 Å². The Morgan fingerprint density at radius 3 is 1.78 bits per heavy atom. The van der Waals surface area contributed by atoms with Crippen LogP contribution in [-0.2, 0) is 43.0 Å². The normalized spacial score (nSPS) is 13.8. The van der Waals surface area contributed by atoms with Gasteiger partial charge in [0, 0.05) is 15.9 Å². The SMILES string of the molecule is [2H]C([2H])([2H])c1cc(-n2c3[c-]c(Oc4[c-]c(-n5[c](=[Pt])n(-c6c(-c7ccccc7)cc(C(C)(C)C)cc6-c6ccccc6)c6ccccc65)ccc4)ccc3c3cc4c(cc32)CCCC4)ncc1-c1ccc(C(C)(C)C)cc1. The van der Waals surface area contributed by atoms with Gasteiger partial charge in [0.05, 0.1) is 0 Å². The van der Waals surface area contributed by atoms with Crippen LogP contribution >= 0.6 is 0 Å². The molecule has 3 heterocycles. The average Bonchev–Trinajstić information content (AvgIpc) is 3.97. The van der Waals surface area contributed by atoms with Crippen molar-refractivity contribution in [1.82, 2.24) is 18.7 Å². The minimum atomic E-state index is -2.40. The molecule has 364 valence electrons. The van der Waals surface area contributed by atoms with Crippen molar-refractivity contribution in [3.05, 3.63) is 220 Å². The number of para-hydroxylation sites is 2. The Morgan fingerprint density at radius 1 is 0.534 bits per heavy atom. The summed E-state index contributed by atoms with van der Waals surface area (Å²) in [4.78, 5) is 5.07. The number of rotatable bonds is 8. The van der Waals surface area contributed by atoms with Crippen molar-refractivity contribution in [3.8, 4) is 62.1 Å². The first-order valence-electron chi connectivity index (χ1n) is 26.8. The molecule has 5 nitrogen and oxygen atoms in total. The van der Waals surface area contributed by atoms with E-state index in [2.05, 4.69) is 220 Å². The van der Waals surface area contributed by atoms with Gasteiger partial charge in [0.2, 0.25) is 0 Å². The summed E-state index contributed by atoms with van der Waals surface area (Å²) >= 11 is 2.48. The first-order chi connectivity index (χ1) is 36.5. The molecule has 11 aromatic rings. The molecule has 0 saturated heterocycles. The summed E-state index contributed by atoms with van der Waals surface area (Å²) in [6, 6.07) is 66.7. The maximum absolute atomic E-state index is 8.80. The minimum Gasteiger partial charge on any atom is -0.0579 e. The van der Waals surface area contributed by atoms with Crippen molar-refractivity contribution in [2.75, 3.05) is 0 Å². The van der Waals surface area contributed by atoms with Crippen LogP contribution in [0.2, 0.25) is 0 Å². The first kappa shape index (κ1) is 43.3. The van der Waals surface area contributed by atoms with Gasteiger partial charge in [-0.1, -0.05) is 45.0 Å². The molecule has 0 N–H and O–H groups in total. The van der Waals surface area contributed by atoms with Crippen LogP contribution in [-0.4, -0.2) is 18.7 Å². The number of pyridine rings is 1. The van der Waals surface area contributed by atoms with Gasteiger partial charge in [-0.2, -0.15) is 0 Å². The van der Waals surface area contributed by atoms with Crippen molar-refractivity contribution < 1.29 is 28.2 Å². The second-order valence-corrected chi connectivity index (χ2v) is 22.5. The molecule has 0 saturated carbocycles. The fourth-order valence-corrected chi connectivity index (χ4v) is 11.8. The van der Waals surface area contributed by atoms with E-state index in [1.54, 1.807) is 12.3 Å². The van der Waals surface area contributed by atoms with Crippen LogP contribution in [0.4, 0.5) is 0 Å². The summed E-state index contributed by atoms with van der Waals surface area (Å²) in [5, 5.41) is 2.07. The third-order valence-corrected chi connectivity index (χ3v) is 15.6. The zero-order valence-electron chi connectivity index (χ0n) is 45.1. The van der Waals surface area contributed by atoms with Crippen molar-refractivity contribution in [2.45, 2.75) is 84.9 Å². The van der Waals surface area contributed by atoms with Crippen LogP contribution < -0.4 is 4.74 Å². The molecule has 0 aliphatic heterocycles. The van der Waals surface area contributed by atoms with Crippen molar-refractivity contribution in [3.63, 3.8) is 0 Å². The number of nitrogens with zero attached hydrogens (tertiary/aromatic N) is 4. The number of ether oxygens (including phenoxy) is 1. The summed E-state index contributed by atoms with van der Waals surface area (Å²) in [6.45, 7) is 11.0. The number of aromatic nitrogens is 4. The number of aryl methyl sites for hydroxylation is 3. The first-order valence-corrected chi connectivity index (χ1v) is 26.5. The van der Waals surface area contributed by atoms with Crippen molar-refractivity contribution in [1.29, 1.82) is 0 Å². The van der Waals surface area contributed by atoms with E-state index in [1.807, 2.05) is 30.3 Å². The van der Waals surface area contributed by atoms with Crippen LogP contribution in [0.15, 0.2) is 176 Å². The summed E-state index contributed by atoms with van der Waals surface area (Å²) in [5.41, 5.74) is 16.9. The predicted molar refractivity (Wildman–Crippen MR) is 297 cm³/mol. The maximum atomic E-state index is 8.80. The molecule has 6 heteroatoms. The van der Waals surface area contributed by atoms with Gasteiger partial charge in [0.1, 0.15) is 0 Å². The molecule has 1 aliphatic rings. The van der Waals surface area contributed by atoms with Gasteiger partial charge in [-0.15, -0.1) is 0 Å². The Balaban J connectivity index is 0.993. The van der Waals surface area contributed by atoms with Gasteiger partial charge < -0.3 is 0 Å². The number of benzene rings is 8. The molecular weight excluding hydrogens is 1070 g/mol. The molecule has 0 radical (unpaired) electrons. The van der Waals surface area contributed by atoms with Gasteiger partial charge in [-0.05, 0) is 65.8 Å². The Bertz CT molecular complexity index is 4040. The molecule has 3 aromatic heterocycles. The van der Waals surface area contributed by atoms with Gasteiger partial charge in [-0.25, -0.2) is 0 Å². The molecule has 0 spiro atoms. The Hall–Kier alpha value is -7.33. The van der Waals surface area contributed by atoms with E-state index in [4.69, 9.17) is 13.8 Å². The second-order valence-electron chi connectivity index (χ2n) is 21.5. The van der Waals surface area contributed by atoms with Gasteiger partial charge in [0.25, 0.3) is 0 Å². The van der Waals surface area contributed by atoms with Crippen LogP contribution in [0.25, 0.3) is 83.4 Å². The minimum absolute atomic E-state index is 0.0379. The molecule has 73 heavy (non-hydrogen) atoms.